The molecule has 1 amide bonds. The number of aryl methyl sites for hydroxylation is 1. The van der Waals surface area contributed by atoms with Gasteiger partial charge in [-0.3, -0.25) is 9.59 Å². The second-order valence-electron chi connectivity index (χ2n) is 4.69. The van der Waals surface area contributed by atoms with Gasteiger partial charge in [0.2, 0.25) is 5.91 Å². The molecule has 2 rings (SSSR count). The van der Waals surface area contributed by atoms with Crippen LogP contribution in [0.15, 0.2) is 41.2 Å². The molecule has 1 aromatic carbocycles. The van der Waals surface area contributed by atoms with E-state index < -0.39 is 0 Å². The molecule has 5 nitrogen and oxygen atoms in total. The molecule has 2 aromatic rings. The number of nitrogens with one attached hydrogen (secondary N) is 1. The molecule has 0 aliphatic heterocycles. The first-order valence-corrected chi connectivity index (χ1v) is 6.86. The van der Waals surface area contributed by atoms with E-state index in [-0.39, 0.29) is 17.9 Å². The van der Waals surface area contributed by atoms with Gasteiger partial charge in [0.05, 0.1) is 11.4 Å². The summed E-state index contributed by atoms with van der Waals surface area (Å²) in [6, 6.07) is 9.87. The van der Waals surface area contributed by atoms with Crippen LogP contribution in [0.4, 0.5) is 11.4 Å². The van der Waals surface area contributed by atoms with Crippen LogP contribution in [0.5, 0.6) is 0 Å². The minimum absolute atomic E-state index is 0.117. The maximum absolute atomic E-state index is 11.9. The number of nitrogen functional groups attached to an aromatic ring is 1. The number of rotatable bonds is 4. The summed E-state index contributed by atoms with van der Waals surface area (Å²) in [7, 11) is 0. The van der Waals surface area contributed by atoms with Crippen LogP contribution in [0.3, 0.4) is 0 Å². The molecule has 0 fully saturated rings. The van der Waals surface area contributed by atoms with Crippen LogP contribution >= 0.6 is 11.6 Å². The van der Waals surface area contributed by atoms with Crippen LogP contribution < -0.4 is 16.6 Å². The predicted octanol–water partition coefficient (Wildman–Crippen LogP) is 2.42. The Labute approximate surface area is 127 Å². The highest BCUT2D eigenvalue weighted by Crippen LogP contribution is 2.22. The molecular weight excluding hydrogens is 290 g/mol. The SMILES string of the molecule is Cc1cccc(=O)n1CCC(=O)Nc1ccc(Cl)cc1N. The number of benzene rings is 1. The molecule has 21 heavy (non-hydrogen) atoms. The van der Waals surface area contributed by atoms with Crippen molar-refractivity contribution in [3.05, 3.63) is 57.5 Å². The normalized spacial score (nSPS) is 10.4. The van der Waals surface area contributed by atoms with Crippen molar-refractivity contribution in [3.63, 3.8) is 0 Å². The average molecular weight is 306 g/mol. The largest absolute Gasteiger partial charge is 0.397 e. The van der Waals surface area contributed by atoms with Crippen molar-refractivity contribution in [3.8, 4) is 0 Å². The first-order valence-electron chi connectivity index (χ1n) is 6.48. The highest BCUT2D eigenvalue weighted by Gasteiger charge is 2.07. The number of anilines is 2. The monoisotopic (exact) mass is 305 g/mol. The summed E-state index contributed by atoms with van der Waals surface area (Å²) in [5, 5.41) is 3.22. The standard InChI is InChI=1S/C15H16ClN3O2/c1-10-3-2-4-15(21)19(10)8-7-14(20)18-13-6-5-11(16)9-12(13)17/h2-6,9H,7-8,17H2,1H3,(H,18,20). The predicted molar refractivity (Wildman–Crippen MR) is 84.6 cm³/mol. The zero-order valence-electron chi connectivity index (χ0n) is 11.6. The van der Waals surface area contributed by atoms with E-state index in [0.717, 1.165) is 5.69 Å². The lowest BCUT2D eigenvalue weighted by atomic mass is 10.2. The number of pyridine rings is 1. The first kappa shape index (κ1) is 15.1. The summed E-state index contributed by atoms with van der Waals surface area (Å²) in [6.45, 7) is 2.15. The zero-order chi connectivity index (χ0) is 15.4. The molecule has 0 radical (unpaired) electrons. The molecule has 0 saturated carbocycles. The quantitative estimate of drug-likeness (QED) is 0.852. The summed E-state index contributed by atoms with van der Waals surface area (Å²) in [6.07, 6.45) is 0.187. The smallest absolute Gasteiger partial charge is 0.250 e. The highest BCUT2D eigenvalue weighted by molar-refractivity contribution is 6.31. The van der Waals surface area contributed by atoms with Crippen LogP contribution in [-0.4, -0.2) is 10.5 Å². The molecule has 0 spiro atoms. The van der Waals surface area contributed by atoms with E-state index in [9.17, 15) is 9.59 Å². The molecule has 0 unspecified atom stereocenters. The van der Waals surface area contributed by atoms with Crippen molar-refractivity contribution in [1.29, 1.82) is 0 Å². The van der Waals surface area contributed by atoms with E-state index in [0.29, 0.717) is 22.9 Å². The van der Waals surface area contributed by atoms with Crippen LogP contribution in [0.2, 0.25) is 5.02 Å². The number of hydrogen-bond acceptors (Lipinski definition) is 3. The number of nitrogens with zero attached hydrogens (tertiary/aromatic N) is 1. The van der Waals surface area contributed by atoms with Gasteiger partial charge < -0.3 is 15.6 Å². The summed E-state index contributed by atoms with van der Waals surface area (Å²) in [5.74, 6) is -0.209. The number of carbonyl (C=O) groups excluding carboxylic acids is 1. The van der Waals surface area contributed by atoms with Crippen molar-refractivity contribution in [2.24, 2.45) is 0 Å². The molecule has 0 aliphatic rings. The van der Waals surface area contributed by atoms with Gasteiger partial charge in [-0.1, -0.05) is 17.7 Å². The van der Waals surface area contributed by atoms with Gasteiger partial charge in [-0.05, 0) is 31.2 Å². The molecule has 6 heteroatoms. The molecule has 0 atom stereocenters. The van der Waals surface area contributed by atoms with E-state index in [1.807, 2.05) is 13.0 Å². The Morgan fingerprint density at radius 1 is 1.33 bits per heavy atom. The minimum Gasteiger partial charge on any atom is -0.397 e. The van der Waals surface area contributed by atoms with Gasteiger partial charge in [0.1, 0.15) is 0 Å². The number of nitrogens with two attached hydrogens (primary N) is 1. The van der Waals surface area contributed by atoms with Crippen molar-refractivity contribution < 1.29 is 4.79 Å². The number of carbonyl (C=O) groups is 1. The Kier molecular flexibility index (Phi) is 4.65. The van der Waals surface area contributed by atoms with Crippen LogP contribution in [-0.2, 0) is 11.3 Å². The zero-order valence-corrected chi connectivity index (χ0v) is 12.4. The van der Waals surface area contributed by atoms with Gasteiger partial charge in [0, 0.05) is 29.7 Å². The number of halogens is 1. The molecule has 0 bridgehead atoms. The molecular formula is C15H16ClN3O2. The molecule has 1 aromatic heterocycles. The van der Waals surface area contributed by atoms with Gasteiger partial charge in [0.25, 0.3) is 5.56 Å². The lowest BCUT2D eigenvalue weighted by Gasteiger charge is -2.11. The van der Waals surface area contributed by atoms with Gasteiger partial charge in [-0.15, -0.1) is 0 Å². The fourth-order valence-electron chi connectivity index (χ4n) is 1.98. The summed E-state index contributed by atoms with van der Waals surface area (Å²) >= 11 is 5.80. The number of hydrogen-bond donors (Lipinski definition) is 2. The fraction of sp³-hybridized carbons (Fsp3) is 0.200. The Bertz CT molecular complexity index is 725. The average Bonchev–Trinajstić information content (AvgIpc) is 2.41. The number of amides is 1. The summed E-state index contributed by atoms with van der Waals surface area (Å²) in [5.41, 5.74) is 7.40. The fourth-order valence-corrected chi connectivity index (χ4v) is 2.16. The maximum Gasteiger partial charge on any atom is 0.250 e. The van der Waals surface area contributed by atoms with Gasteiger partial charge in [0.15, 0.2) is 0 Å². The lowest BCUT2D eigenvalue weighted by Crippen LogP contribution is -2.24. The third kappa shape index (κ3) is 3.86. The van der Waals surface area contributed by atoms with E-state index in [4.69, 9.17) is 17.3 Å². The maximum atomic E-state index is 11.9. The minimum atomic E-state index is -0.209. The Morgan fingerprint density at radius 3 is 2.76 bits per heavy atom. The van der Waals surface area contributed by atoms with Gasteiger partial charge >= 0.3 is 0 Å². The van der Waals surface area contributed by atoms with E-state index in [1.165, 1.54) is 6.07 Å². The van der Waals surface area contributed by atoms with E-state index in [2.05, 4.69) is 5.32 Å². The van der Waals surface area contributed by atoms with Crippen molar-refractivity contribution in [2.75, 3.05) is 11.1 Å². The number of aromatic nitrogens is 1. The Morgan fingerprint density at radius 2 is 2.10 bits per heavy atom. The first-order chi connectivity index (χ1) is 9.97. The molecule has 0 aliphatic carbocycles. The van der Waals surface area contributed by atoms with Crippen LogP contribution in [0.25, 0.3) is 0 Å². The van der Waals surface area contributed by atoms with Crippen molar-refractivity contribution >= 4 is 28.9 Å². The van der Waals surface area contributed by atoms with Gasteiger partial charge in [-0.25, -0.2) is 0 Å². The summed E-state index contributed by atoms with van der Waals surface area (Å²) < 4.78 is 1.56. The molecule has 0 saturated heterocycles. The Hall–Kier alpha value is -2.27. The second-order valence-corrected chi connectivity index (χ2v) is 5.12. The lowest BCUT2D eigenvalue weighted by molar-refractivity contribution is -0.116. The van der Waals surface area contributed by atoms with Crippen molar-refractivity contribution in [1.82, 2.24) is 4.57 Å². The third-order valence-electron chi connectivity index (χ3n) is 3.12. The molecule has 110 valence electrons. The highest BCUT2D eigenvalue weighted by atomic mass is 35.5. The van der Waals surface area contributed by atoms with Crippen molar-refractivity contribution in [2.45, 2.75) is 19.9 Å². The van der Waals surface area contributed by atoms with E-state index in [1.54, 1.807) is 28.8 Å². The van der Waals surface area contributed by atoms with Crippen LogP contribution in [0, 0.1) is 6.92 Å². The second kappa shape index (κ2) is 6.45. The van der Waals surface area contributed by atoms with E-state index >= 15 is 0 Å². The van der Waals surface area contributed by atoms with Crippen LogP contribution in [0.1, 0.15) is 12.1 Å². The third-order valence-corrected chi connectivity index (χ3v) is 3.35. The molecule has 3 N–H and O–H groups in total. The Balaban J connectivity index is 2.01. The van der Waals surface area contributed by atoms with Gasteiger partial charge in [-0.2, -0.15) is 0 Å². The molecule has 1 heterocycles. The topological polar surface area (TPSA) is 77.1 Å². The summed E-state index contributed by atoms with van der Waals surface area (Å²) in [4.78, 5) is 23.6.